The van der Waals surface area contributed by atoms with Crippen LogP contribution in [0.5, 0.6) is 0 Å². The maximum atomic E-state index is 13.7. The van der Waals surface area contributed by atoms with Crippen LogP contribution in [0.4, 0.5) is 10.5 Å². The van der Waals surface area contributed by atoms with Crippen LogP contribution < -0.4 is 11.1 Å². The molecule has 2 amide bonds. The molecule has 9 nitrogen and oxygen atoms in total. The molecule has 6 rings (SSSR count). The molecule has 43 heavy (non-hydrogen) atoms. The highest BCUT2D eigenvalue weighted by molar-refractivity contribution is 6.09. The summed E-state index contributed by atoms with van der Waals surface area (Å²) in [7, 11) is 0. The van der Waals surface area contributed by atoms with E-state index in [9.17, 15) is 14.7 Å². The second-order valence-electron chi connectivity index (χ2n) is 10.7. The highest BCUT2D eigenvalue weighted by Gasteiger charge is 2.37. The van der Waals surface area contributed by atoms with Crippen molar-refractivity contribution < 1.29 is 14.7 Å². The number of unbranched alkanes of at least 4 members (excludes halogenated alkanes) is 1. The van der Waals surface area contributed by atoms with E-state index in [2.05, 4.69) is 46.1 Å². The Morgan fingerprint density at radius 2 is 1.79 bits per heavy atom. The number of carboxylic acid groups (broad SMARTS) is 1. The van der Waals surface area contributed by atoms with Crippen LogP contribution in [0.1, 0.15) is 56.1 Å². The van der Waals surface area contributed by atoms with Crippen molar-refractivity contribution >= 4 is 64.3 Å². The first-order valence-corrected chi connectivity index (χ1v) is 14.2. The van der Waals surface area contributed by atoms with Crippen LogP contribution in [0.3, 0.4) is 0 Å². The molecule has 2 atom stereocenters. The van der Waals surface area contributed by atoms with E-state index in [1.807, 2.05) is 24.4 Å². The van der Waals surface area contributed by atoms with Crippen LogP contribution in [0.2, 0.25) is 0 Å². The van der Waals surface area contributed by atoms with Crippen LogP contribution in [0, 0.1) is 0 Å². The lowest BCUT2D eigenvalue weighted by Crippen LogP contribution is -2.42. The first-order chi connectivity index (χ1) is 19.9. The molecular weight excluding hydrogens is 587 g/mol. The number of imidazole rings is 1. The van der Waals surface area contributed by atoms with Gasteiger partial charge in [-0.05, 0) is 43.0 Å². The van der Waals surface area contributed by atoms with Crippen LogP contribution in [-0.4, -0.2) is 43.1 Å². The number of rotatable bonds is 8. The zero-order valence-corrected chi connectivity index (χ0v) is 25.5. The molecule has 0 spiro atoms. The van der Waals surface area contributed by atoms with Gasteiger partial charge < -0.3 is 30.6 Å². The van der Waals surface area contributed by atoms with Gasteiger partial charge in [-0.25, -0.2) is 9.78 Å². The molecule has 1 fully saturated rings. The molecule has 3 heterocycles. The SMILES string of the molecule is CCCCn1c2cc(N)ccc2c2ccc(-c3cnc([C@@H]4CCCN4C(=O)[C@H](NC(=O)O)c4ccccc4)[nH]3)cc21.Cl.Cl. The topological polar surface area (TPSA) is 129 Å². The van der Waals surface area contributed by atoms with E-state index in [1.54, 1.807) is 29.2 Å². The van der Waals surface area contributed by atoms with Gasteiger partial charge >= 0.3 is 6.09 Å². The van der Waals surface area contributed by atoms with E-state index in [0.29, 0.717) is 17.9 Å². The molecule has 0 aliphatic carbocycles. The second-order valence-corrected chi connectivity index (χ2v) is 10.7. The smallest absolute Gasteiger partial charge is 0.405 e. The molecule has 0 bridgehead atoms. The molecule has 1 aliphatic heterocycles. The zero-order valence-electron chi connectivity index (χ0n) is 23.8. The monoisotopic (exact) mass is 622 g/mol. The minimum absolute atomic E-state index is 0. The predicted octanol–water partition coefficient (Wildman–Crippen LogP) is 7.08. The van der Waals surface area contributed by atoms with Crippen molar-refractivity contribution in [2.24, 2.45) is 0 Å². The average molecular weight is 624 g/mol. The number of nitrogen functional groups attached to an aromatic ring is 1. The van der Waals surface area contributed by atoms with Gasteiger partial charge in [0.15, 0.2) is 0 Å². The van der Waals surface area contributed by atoms with Gasteiger partial charge in [0.25, 0.3) is 5.91 Å². The Bertz CT molecular complexity index is 1740. The first-order valence-electron chi connectivity index (χ1n) is 14.2. The van der Waals surface area contributed by atoms with E-state index in [0.717, 1.165) is 60.2 Å². The number of aryl methyl sites for hydroxylation is 1. The summed E-state index contributed by atoms with van der Waals surface area (Å²) in [6.45, 7) is 3.64. The number of halogens is 2. The lowest BCUT2D eigenvalue weighted by atomic mass is 10.1. The van der Waals surface area contributed by atoms with Gasteiger partial charge in [-0.3, -0.25) is 4.79 Å². The van der Waals surface area contributed by atoms with Crippen molar-refractivity contribution in [3.8, 4) is 11.3 Å². The number of aromatic amines is 1. The third-order valence-electron chi connectivity index (χ3n) is 8.03. The largest absolute Gasteiger partial charge is 0.465 e. The number of nitrogens with two attached hydrogens (primary N) is 1. The average Bonchev–Trinajstić information content (AvgIpc) is 3.72. The Hall–Kier alpha value is -4.21. The van der Waals surface area contributed by atoms with Gasteiger partial charge in [0.1, 0.15) is 11.9 Å². The summed E-state index contributed by atoms with van der Waals surface area (Å²) in [5.41, 5.74) is 11.7. The van der Waals surface area contributed by atoms with Gasteiger partial charge in [-0.1, -0.05) is 61.9 Å². The number of fused-ring (bicyclic) bond motifs is 3. The highest BCUT2D eigenvalue weighted by atomic mass is 35.5. The summed E-state index contributed by atoms with van der Waals surface area (Å²) < 4.78 is 2.35. The standard InChI is InChI=1S/C32H34N6O3.2ClH/c1-2-3-15-37-27-17-21(11-13-23(27)24-14-12-22(33)18-28(24)37)25-19-34-30(35-25)26-10-7-16-38(26)31(39)29(36-32(40)41)20-8-5-4-6-9-20;;/h4-6,8-9,11-14,17-19,26,29,36H,2-3,7,10,15-16,33H2,1H3,(H,34,35)(H,40,41);2*1H/t26-,29+;;/m0../s1. The summed E-state index contributed by atoms with van der Waals surface area (Å²) in [6.07, 6.45) is 4.30. The van der Waals surface area contributed by atoms with Crippen molar-refractivity contribution in [2.75, 3.05) is 12.3 Å². The van der Waals surface area contributed by atoms with E-state index < -0.39 is 12.1 Å². The van der Waals surface area contributed by atoms with E-state index in [-0.39, 0.29) is 36.8 Å². The number of aromatic nitrogens is 3. The third kappa shape index (κ3) is 6.14. The number of carbonyl (C=O) groups is 2. The van der Waals surface area contributed by atoms with Crippen LogP contribution in [-0.2, 0) is 11.3 Å². The van der Waals surface area contributed by atoms with Gasteiger partial charge in [-0.15, -0.1) is 24.8 Å². The summed E-state index contributed by atoms with van der Waals surface area (Å²) in [5.74, 6) is 0.424. The highest BCUT2D eigenvalue weighted by Crippen LogP contribution is 2.36. The number of carbonyl (C=O) groups excluding carboxylic acids is 1. The number of nitrogens with zero attached hydrogens (tertiary/aromatic N) is 3. The summed E-state index contributed by atoms with van der Waals surface area (Å²) in [5, 5.41) is 14.2. The Labute approximate surface area is 262 Å². The lowest BCUT2D eigenvalue weighted by molar-refractivity contribution is -0.134. The molecular formula is C32H36Cl2N6O3. The molecule has 3 aromatic carbocycles. The molecule has 1 saturated heterocycles. The van der Waals surface area contributed by atoms with Gasteiger partial charge in [0, 0.05) is 40.6 Å². The van der Waals surface area contributed by atoms with Crippen LogP contribution in [0.15, 0.2) is 72.9 Å². The fourth-order valence-corrected chi connectivity index (χ4v) is 6.03. The molecule has 5 N–H and O–H groups in total. The quantitative estimate of drug-likeness (QED) is 0.137. The Kier molecular flexibility index (Phi) is 9.88. The van der Waals surface area contributed by atoms with E-state index >= 15 is 0 Å². The van der Waals surface area contributed by atoms with Crippen LogP contribution >= 0.6 is 24.8 Å². The summed E-state index contributed by atoms with van der Waals surface area (Å²) in [4.78, 5) is 35.1. The minimum Gasteiger partial charge on any atom is -0.465 e. The molecule has 0 saturated carbocycles. The number of H-pyrrole nitrogens is 1. The Morgan fingerprint density at radius 1 is 1.07 bits per heavy atom. The van der Waals surface area contributed by atoms with Crippen molar-refractivity contribution in [1.29, 1.82) is 0 Å². The van der Waals surface area contributed by atoms with E-state index in [1.165, 1.54) is 10.8 Å². The summed E-state index contributed by atoms with van der Waals surface area (Å²) >= 11 is 0. The third-order valence-corrected chi connectivity index (χ3v) is 8.03. The number of amides is 2. The van der Waals surface area contributed by atoms with Crippen molar-refractivity contribution in [2.45, 2.75) is 51.2 Å². The number of hydrogen-bond donors (Lipinski definition) is 4. The van der Waals surface area contributed by atoms with Gasteiger partial charge in [-0.2, -0.15) is 0 Å². The number of nitrogens with one attached hydrogen (secondary N) is 2. The van der Waals surface area contributed by atoms with Gasteiger partial charge in [0.05, 0.1) is 23.4 Å². The number of anilines is 1. The normalized spacial score (nSPS) is 15.2. The minimum atomic E-state index is -1.24. The van der Waals surface area contributed by atoms with E-state index in [4.69, 9.17) is 10.7 Å². The van der Waals surface area contributed by atoms with Crippen molar-refractivity contribution in [3.63, 3.8) is 0 Å². The number of benzene rings is 3. The molecule has 5 aromatic rings. The number of likely N-dealkylation sites (tertiary alicyclic amines) is 1. The Balaban J connectivity index is 0.00000212. The fourth-order valence-electron chi connectivity index (χ4n) is 6.03. The zero-order chi connectivity index (χ0) is 28.5. The summed E-state index contributed by atoms with van der Waals surface area (Å²) in [6, 6.07) is 20.2. The molecule has 226 valence electrons. The molecule has 11 heteroatoms. The lowest BCUT2D eigenvalue weighted by Gasteiger charge is -2.28. The van der Waals surface area contributed by atoms with Crippen molar-refractivity contribution in [3.05, 3.63) is 84.3 Å². The second kappa shape index (κ2) is 13.4. The fraction of sp³-hybridized carbons (Fsp3) is 0.281. The van der Waals surface area contributed by atoms with Crippen LogP contribution in [0.25, 0.3) is 33.1 Å². The van der Waals surface area contributed by atoms with Gasteiger partial charge in [0.2, 0.25) is 0 Å². The first kappa shape index (κ1) is 31.7. The molecule has 0 radical (unpaired) electrons. The maximum absolute atomic E-state index is 13.7. The molecule has 1 aliphatic rings. The maximum Gasteiger partial charge on any atom is 0.405 e. The predicted molar refractivity (Wildman–Crippen MR) is 175 cm³/mol. The Morgan fingerprint density at radius 3 is 2.51 bits per heavy atom. The number of hydrogen-bond acceptors (Lipinski definition) is 4. The molecule has 0 unspecified atom stereocenters. The molecule has 2 aromatic heterocycles. The van der Waals surface area contributed by atoms with Crippen molar-refractivity contribution in [1.82, 2.24) is 24.8 Å².